The van der Waals surface area contributed by atoms with Gasteiger partial charge in [0.15, 0.2) is 5.69 Å². The first-order valence-electron chi connectivity index (χ1n) is 9.99. The van der Waals surface area contributed by atoms with Crippen LogP contribution in [0.5, 0.6) is 0 Å². The van der Waals surface area contributed by atoms with Crippen LogP contribution >= 0.6 is 0 Å². The molecule has 3 rings (SSSR count). The van der Waals surface area contributed by atoms with E-state index in [4.69, 9.17) is 4.74 Å². The number of halogens is 4. The van der Waals surface area contributed by atoms with Crippen molar-refractivity contribution in [2.75, 3.05) is 19.6 Å². The van der Waals surface area contributed by atoms with Gasteiger partial charge in [0.25, 0.3) is 5.91 Å². The van der Waals surface area contributed by atoms with Gasteiger partial charge in [0.05, 0.1) is 24.0 Å². The fourth-order valence-electron chi connectivity index (χ4n) is 3.77. The second-order valence-corrected chi connectivity index (χ2v) is 8.43. The molecule has 2 aromatic rings. The van der Waals surface area contributed by atoms with E-state index in [9.17, 15) is 22.4 Å². The summed E-state index contributed by atoms with van der Waals surface area (Å²) in [5.74, 6) is -1.79. The molecule has 1 amide bonds. The number of para-hydroxylation sites is 1. The summed E-state index contributed by atoms with van der Waals surface area (Å²) in [5.41, 5.74) is -2.87. The maximum Gasteiger partial charge on any atom is 0.434 e. The van der Waals surface area contributed by atoms with E-state index >= 15 is 0 Å². The van der Waals surface area contributed by atoms with E-state index in [-0.39, 0.29) is 24.4 Å². The highest BCUT2D eigenvalue weighted by Gasteiger charge is 2.41. The van der Waals surface area contributed by atoms with Crippen LogP contribution in [0.1, 0.15) is 43.7 Å². The fraction of sp³-hybridized carbons (Fsp3) is 0.524. The van der Waals surface area contributed by atoms with Crippen LogP contribution in [0.2, 0.25) is 0 Å². The molecule has 1 aliphatic rings. The molecule has 6 nitrogen and oxygen atoms in total. The van der Waals surface area contributed by atoms with Gasteiger partial charge in [-0.25, -0.2) is 9.07 Å². The Hall–Kier alpha value is -2.46. The molecule has 0 aliphatic carbocycles. The van der Waals surface area contributed by atoms with Crippen LogP contribution in [-0.2, 0) is 10.9 Å². The molecule has 31 heavy (non-hydrogen) atoms. The zero-order valence-corrected chi connectivity index (χ0v) is 17.8. The third kappa shape index (κ3) is 5.07. The van der Waals surface area contributed by atoms with Crippen molar-refractivity contribution in [3.8, 4) is 5.69 Å². The van der Waals surface area contributed by atoms with Gasteiger partial charge < -0.3 is 10.1 Å². The molecule has 1 aromatic carbocycles. The highest BCUT2D eigenvalue weighted by atomic mass is 19.4. The molecule has 0 radical (unpaired) electrons. The van der Waals surface area contributed by atoms with Gasteiger partial charge in [0.2, 0.25) is 0 Å². The van der Waals surface area contributed by atoms with E-state index in [1.54, 1.807) is 0 Å². The summed E-state index contributed by atoms with van der Waals surface area (Å²) in [6.45, 7) is 9.12. The maximum absolute atomic E-state index is 14.1. The molecule has 2 unspecified atom stereocenters. The quantitative estimate of drug-likeness (QED) is 0.719. The largest absolute Gasteiger partial charge is 0.434 e. The van der Waals surface area contributed by atoms with Gasteiger partial charge in [-0.15, -0.1) is 0 Å². The van der Waals surface area contributed by atoms with Gasteiger partial charge in [-0.2, -0.15) is 18.3 Å². The molecule has 2 heterocycles. The Morgan fingerprint density at radius 1 is 1.19 bits per heavy atom. The number of nitrogens with zero attached hydrogens (tertiary/aromatic N) is 3. The third-order valence-corrected chi connectivity index (χ3v) is 5.32. The van der Waals surface area contributed by atoms with E-state index in [1.165, 1.54) is 18.2 Å². The SMILES string of the molecule is CC1CN(C(C)(C)CNC(=O)c2cnn(-c3ccccc3F)c2C(F)(F)F)CC(C)O1. The molecular weight excluding hydrogens is 416 g/mol. The number of alkyl halides is 3. The molecule has 1 fully saturated rings. The van der Waals surface area contributed by atoms with E-state index in [2.05, 4.69) is 15.3 Å². The molecule has 0 spiro atoms. The molecule has 170 valence electrons. The summed E-state index contributed by atoms with van der Waals surface area (Å²) < 4.78 is 61.6. The number of carbonyl (C=O) groups is 1. The number of amides is 1. The van der Waals surface area contributed by atoms with Gasteiger partial charge in [-0.3, -0.25) is 9.69 Å². The van der Waals surface area contributed by atoms with Crippen molar-refractivity contribution in [1.29, 1.82) is 0 Å². The zero-order chi connectivity index (χ0) is 23.0. The van der Waals surface area contributed by atoms with Crippen LogP contribution in [-0.4, -0.2) is 58.0 Å². The molecule has 0 bridgehead atoms. The number of ether oxygens (including phenoxy) is 1. The summed E-state index contributed by atoms with van der Waals surface area (Å²) >= 11 is 0. The molecule has 1 aliphatic heterocycles. The Morgan fingerprint density at radius 2 is 1.81 bits per heavy atom. The second kappa shape index (κ2) is 8.58. The first-order chi connectivity index (χ1) is 14.4. The average molecular weight is 442 g/mol. The normalized spacial score (nSPS) is 20.6. The van der Waals surface area contributed by atoms with Gasteiger partial charge in [-0.1, -0.05) is 12.1 Å². The van der Waals surface area contributed by atoms with Gasteiger partial charge >= 0.3 is 6.18 Å². The van der Waals surface area contributed by atoms with Crippen LogP contribution in [0.25, 0.3) is 5.69 Å². The molecule has 1 N–H and O–H groups in total. The Labute approximate surface area is 178 Å². The molecule has 1 saturated heterocycles. The lowest BCUT2D eigenvalue weighted by molar-refractivity contribution is -0.143. The van der Waals surface area contributed by atoms with E-state index in [1.807, 2.05) is 27.7 Å². The van der Waals surface area contributed by atoms with Crippen molar-refractivity contribution < 1.29 is 27.1 Å². The van der Waals surface area contributed by atoms with Crippen LogP contribution in [0.4, 0.5) is 17.6 Å². The first-order valence-corrected chi connectivity index (χ1v) is 9.99. The number of rotatable bonds is 5. The number of benzene rings is 1. The first kappa shape index (κ1) is 23.2. The summed E-state index contributed by atoms with van der Waals surface area (Å²) in [7, 11) is 0. The molecular formula is C21H26F4N4O2. The summed E-state index contributed by atoms with van der Waals surface area (Å²) in [5, 5.41) is 6.25. The molecule has 2 atom stereocenters. The van der Waals surface area contributed by atoms with Gasteiger partial charge in [0.1, 0.15) is 11.5 Å². The number of nitrogens with one attached hydrogen (secondary N) is 1. The maximum atomic E-state index is 14.1. The van der Waals surface area contributed by atoms with Crippen molar-refractivity contribution in [3.63, 3.8) is 0 Å². The molecule has 1 aromatic heterocycles. The lowest BCUT2D eigenvalue weighted by atomic mass is 10.00. The number of morpholine rings is 1. The number of hydrogen-bond donors (Lipinski definition) is 1. The number of aromatic nitrogens is 2. The average Bonchev–Trinajstić information content (AvgIpc) is 3.11. The highest BCUT2D eigenvalue weighted by Crippen LogP contribution is 2.34. The monoisotopic (exact) mass is 442 g/mol. The summed E-state index contributed by atoms with van der Waals surface area (Å²) in [6.07, 6.45) is -4.07. The van der Waals surface area contributed by atoms with Gasteiger partial charge in [-0.05, 0) is 39.8 Å². The van der Waals surface area contributed by atoms with Crippen LogP contribution in [0.15, 0.2) is 30.5 Å². The van der Waals surface area contributed by atoms with E-state index < -0.39 is 34.7 Å². The number of hydrogen-bond acceptors (Lipinski definition) is 4. The van der Waals surface area contributed by atoms with Gasteiger partial charge in [0, 0.05) is 25.2 Å². The molecule has 0 saturated carbocycles. The topological polar surface area (TPSA) is 59.4 Å². The lowest BCUT2D eigenvalue weighted by Gasteiger charge is -2.45. The Kier molecular flexibility index (Phi) is 6.43. The predicted molar refractivity (Wildman–Crippen MR) is 107 cm³/mol. The fourth-order valence-corrected chi connectivity index (χ4v) is 3.77. The van der Waals surface area contributed by atoms with E-state index in [0.717, 1.165) is 12.3 Å². The molecule has 10 heteroatoms. The standard InChI is InChI=1S/C21H26F4N4O2/c1-13-10-28(11-14(2)31-13)20(3,4)12-26-19(30)15-9-27-29(18(15)21(23,24)25)17-8-6-5-7-16(17)22/h5-9,13-14H,10-12H2,1-4H3,(H,26,30). The van der Waals surface area contributed by atoms with Crippen LogP contribution in [0, 0.1) is 5.82 Å². The Morgan fingerprint density at radius 3 is 2.39 bits per heavy atom. The highest BCUT2D eigenvalue weighted by molar-refractivity contribution is 5.95. The lowest BCUT2D eigenvalue weighted by Crippen LogP contribution is -2.58. The van der Waals surface area contributed by atoms with Crippen LogP contribution < -0.4 is 5.32 Å². The van der Waals surface area contributed by atoms with Crippen LogP contribution in [0.3, 0.4) is 0 Å². The zero-order valence-electron chi connectivity index (χ0n) is 17.8. The van der Waals surface area contributed by atoms with Crippen molar-refractivity contribution in [2.24, 2.45) is 0 Å². The Balaban J connectivity index is 1.83. The van der Waals surface area contributed by atoms with E-state index in [0.29, 0.717) is 17.8 Å². The van der Waals surface area contributed by atoms with Crippen molar-refractivity contribution >= 4 is 5.91 Å². The van der Waals surface area contributed by atoms with Crippen molar-refractivity contribution in [2.45, 2.75) is 51.6 Å². The smallest absolute Gasteiger partial charge is 0.373 e. The minimum absolute atomic E-state index is 0.00885. The summed E-state index contributed by atoms with van der Waals surface area (Å²) in [6, 6.07) is 4.96. The summed E-state index contributed by atoms with van der Waals surface area (Å²) in [4.78, 5) is 14.8. The minimum Gasteiger partial charge on any atom is -0.373 e. The minimum atomic E-state index is -4.91. The third-order valence-electron chi connectivity index (χ3n) is 5.32. The Bertz CT molecular complexity index is 932. The predicted octanol–water partition coefficient (Wildman–Crippen LogP) is 3.65. The van der Waals surface area contributed by atoms with Crippen molar-refractivity contribution in [1.82, 2.24) is 20.0 Å². The second-order valence-electron chi connectivity index (χ2n) is 8.43. The van der Waals surface area contributed by atoms with Crippen molar-refractivity contribution in [3.05, 3.63) is 47.5 Å². The number of carbonyl (C=O) groups excluding carboxylic acids is 1.